The molecular formula is C11H18N2O2. The van der Waals surface area contributed by atoms with Crippen LogP contribution in [0.1, 0.15) is 37.1 Å². The number of hydrogen-bond acceptors (Lipinski definition) is 4. The van der Waals surface area contributed by atoms with Crippen LogP contribution in [-0.2, 0) is 17.9 Å². The van der Waals surface area contributed by atoms with E-state index >= 15 is 0 Å². The van der Waals surface area contributed by atoms with Crippen molar-refractivity contribution in [1.29, 1.82) is 0 Å². The molecular weight excluding hydrogens is 192 g/mol. The first kappa shape index (κ1) is 10.6. The lowest BCUT2D eigenvalue weighted by atomic mass is 10.1. The molecule has 0 amide bonds. The minimum absolute atomic E-state index is 0.423. The van der Waals surface area contributed by atoms with Gasteiger partial charge in [-0.1, -0.05) is 18.0 Å². The standard InChI is InChI=1S/C11H18N2O2/c12-6-10-5-11(15-13-10)8-14-7-9-3-1-2-4-9/h5,9H,1-4,6-8,12H2. The van der Waals surface area contributed by atoms with Crippen LogP contribution in [0, 0.1) is 5.92 Å². The highest BCUT2D eigenvalue weighted by atomic mass is 16.5. The van der Waals surface area contributed by atoms with Crippen LogP contribution in [0.15, 0.2) is 10.6 Å². The summed E-state index contributed by atoms with van der Waals surface area (Å²) in [5.74, 6) is 1.52. The van der Waals surface area contributed by atoms with E-state index in [1.807, 2.05) is 6.07 Å². The van der Waals surface area contributed by atoms with Crippen molar-refractivity contribution in [2.45, 2.75) is 38.8 Å². The monoisotopic (exact) mass is 210 g/mol. The van der Waals surface area contributed by atoms with E-state index in [2.05, 4.69) is 5.16 Å². The molecule has 84 valence electrons. The molecule has 1 aromatic heterocycles. The van der Waals surface area contributed by atoms with E-state index in [0.29, 0.717) is 13.2 Å². The Labute approximate surface area is 89.8 Å². The summed E-state index contributed by atoms with van der Waals surface area (Å²) in [5, 5.41) is 3.81. The maximum Gasteiger partial charge on any atom is 0.162 e. The molecule has 1 aliphatic carbocycles. The second-order valence-corrected chi connectivity index (χ2v) is 4.15. The summed E-state index contributed by atoms with van der Waals surface area (Å²) in [6, 6.07) is 1.86. The van der Waals surface area contributed by atoms with Gasteiger partial charge in [0.2, 0.25) is 0 Å². The van der Waals surface area contributed by atoms with Crippen molar-refractivity contribution >= 4 is 0 Å². The van der Waals surface area contributed by atoms with Gasteiger partial charge in [-0.2, -0.15) is 0 Å². The van der Waals surface area contributed by atoms with Crippen LogP contribution in [-0.4, -0.2) is 11.8 Å². The third-order valence-corrected chi connectivity index (χ3v) is 2.89. The van der Waals surface area contributed by atoms with E-state index in [1.165, 1.54) is 25.7 Å². The normalized spacial score (nSPS) is 17.4. The molecule has 1 saturated carbocycles. The van der Waals surface area contributed by atoms with Gasteiger partial charge in [-0.3, -0.25) is 0 Å². The van der Waals surface area contributed by atoms with Crippen molar-refractivity contribution in [2.75, 3.05) is 6.61 Å². The van der Waals surface area contributed by atoms with Crippen molar-refractivity contribution in [2.24, 2.45) is 11.7 Å². The first-order chi connectivity index (χ1) is 7.38. The fraction of sp³-hybridized carbons (Fsp3) is 0.727. The van der Waals surface area contributed by atoms with Crippen molar-refractivity contribution in [3.8, 4) is 0 Å². The van der Waals surface area contributed by atoms with Crippen LogP contribution < -0.4 is 5.73 Å². The molecule has 2 rings (SSSR count). The summed E-state index contributed by atoms with van der Waals surface area (Å²) in [7, 11) is 0. The number of ether oxygens (including phenoxy) is 1. The highest BCUT2D eigenvalue weighted by Gasteiger charge is 2.15. The number of aromatic nitrogens is 1. The molecule has 1 fully saturated rings. The van der Waals surface area contributed by atoms with Crippen molar-refractivity contribution < 1.29 is 9.26 Å². The number of hydrogen-bond donors (Lipinski definition) is 1. The summed E-state index contributed by atoms with van der Waals surface area (Å²) in [5.41, 5.74) is 6.21. The predicted molar refractivity (Wildman–Crippen MR) is 56.0 cm³/mol. The predicted octanol–water partition coefficient (Wildman–Crippen LogP) is 1.84. The fourth-order valence-electron chi connectivity index (χ4n) is 2.02. The molecule has 1 aromatic rings. The smallest absolute Gasteiger partial charge is 0.162 e. The molecule has 1 aliphatic rings. The zero-order valence-corrected chi connectivity index (χ0v) is 8.95. The molecule has 0 radical (unpaired) electrons. The number of nitrogens with zero attached hydrogens (tertiary/aromatic N) is 1. The van der Waals surface area contributed by atoms with E-state index in [-0.39, 0.29) is 0 Å². The Morgan fingerprint density at radius 1 is 1.47 bits per heavy atom. The molecule has 1 heterocycles. The van der Waals surface area contributed by atoms with Crippen LogP contribution in [0.3, 0.4) is 0 Å². The summed E-state index contributed by atoms with van der Waals surface area (Å²) in [4.78, 5) is 0. The molecule has 0 spiro atoms. The van der Waals surface area contributed by atoms with E-state index in [9.17, 15) is 0 Å². The Morgan fingerprint density at radius 2 is 2.27 bits per heavy atom. The Bertz CT molecular complexity index is 293. The quantitative estimate of drug-likeness (QED) is 0.805. The van der Waals surface area contributed by atoms with E-state index in [4.69, 9.17) is 15.0 Å². The van der Waals surface area contributed by atoms with E-state index in [0.717, 1.165) is 24.0 Å². The van der Waals surface area contributed by atoms with Gasteiger partial charge in [0.05, 0.1) is 5.69 Å². The highest BCUT2D eigenvalue weighted by molar-refractivity contribution is 5.03. The molecule has 0 unspecified atom stereocenters. The van der Waals surface area contributed by atoms with Crippen molar-refractivity contribution in [3.05, 3.63) is 17.5 Å². The van der Waals surface area contributed by atoms with Crippen LogP contribution in [0.25, 0.3) is 0 Å². The van der Waals surface area contributed by atoms with Crippen LogP contribution in [0.5, 0.6) is 0 Å². The second-order valence-electron chi connectivity index (χ2n) is 4.15. The van der Waals surface area contributed by atoms with Gasteiger partial charge in [0.1, 0.15) is 6.61 Å². The van der Waals surface area contributed by atoms with Gasteiger partial charge >= 0.3 is 0 Å². The first-order valence-electron chi connectivity index (χ1n) is 5.61. The lowest BCUT2D eigenvalue weighted by Gasteiger charge is -2.07. The van der Waals surface area contributed by atoms with E-state index < -0.39 is 0 Å². The molecule has 0 aromatic carbocycles. The molecule has 0 atom stereocenters. The summed E-state index contributed by atoms with van der Waals surface area (Å²) in [6.07, 6.45) is 5.33. The van der Waals surface area contributed by atoms with Gasteiger partial charge in [-0.15, -0.1) is 0 Å². The minimum atomic E-state index is 0.423. The molecule has 4 nitrogen and oxygen atoms in total. The maximum absolute atomic E-state index is 5.59. The average Bonchev–Trinajstić information content (AvgIpc) is 2.88. The molecule has 0 bridgehead atoms. The van der Waals surface area contributed by atoms with Gasteiger partial charge in [0.15, 0.2) is 5.76 Å². The summed E-state index contributed by atoms with van der Waals surface area (Å²) in [6.45, 7) is 1.79. The Hall–Kier alpha value is -0.870. The number of nitrogens with two attached hydrogens (primary N) is 1. The van der Waals surface area contributed by atoms with Crippen molar-refractivity contribution in [3.63, 3.8) is 0 Å². The van der Waals surface area contributed by atoms with Crippen LogP contribution >= 0.6 is 0 Å². The van der Waals surface area contributed by atoms with Gasteiger partial charge in [-0.05, 0) is 18.8 Å². The molecule has 2 N–H and O–H groups in total. The SMILES string of the molecule is NCc1cc(COCC2CCCC2)on1. The molecule has 0 aliphatic heterocycles. The van der Waals surface area contributed by atoms with Gasteiger partial charge < -0.3 is 15.0 Å². The largest absolute Gasteiger partial charge is 0.373 e. The molecule has 0 saturated heterocycles. The second kappa shape index (κ2) is 5.28. The lowest BCUT2D eigenvalue weighted by molar-refractivity contribution is 0.0734. The third-order valence-electron chi connectivity index (χ3n) is 2.89. The van der Waals surface area contributed by atoms with E-state index in [1.54, 1.807) is 0 Å². The van der Waals surface area contributed by atoms with Crippen LogP contribution in [0.4, 0.5) is 0 Å². The van der Waals surface area contributed by atoms with Gasteiger partial charge in [-0.25, -0.2) is 0 Å². The van der Waals surface area contributed by atoms with Gasteiger partial charge in [0, 0.05) is 19.2 Å². The van der Waals surface area contributed by atoms with Crippen LogP contribution in [0.2, 0.25) is 0 Å². The molecule has 15 heavy (non-hydrogen) atoms. The molecule has 4 heteroatoms. The summed E-state index contributed by atoms with van der Waals surface area (Å²) >= 11 is 0. The minimum Gasteiger partial charge on any atom is -0.373 e. The Morgan fingerprint density at radius 3 is 2.93 bits per heavy atom. The van der Waals surface area contributed by atoms with Gasteiger partial charge in [0.25, 0.3) is 0 Å². The first-order valence-corrected chi connectivity index (χ1v) is 5.61. The Balaban J connectivity index is 1.68. The fourth-order valence-corrected chi connectivity index (χ4v) is 2.02. The Kier molecular flexibility index (Phi) is 3.75. The lowest BCUT2D eigenvalue weighted by Crippen LogP contribution is -2.04. The topological polar surface area (TPSA) is 61.3 Å². The third kappa shape index (κ3) is 3.04. The zero-order chi connectivity index (χ0) is 10.5. The highest BCUT2D eigenvalue weighted by Crippen LogP contribution is 2.24. The summed E-state index contributed by atoms with van der Waals surface area (Å²) < 4.78 is 10.7. The zero-order valence-electron chi connectivity index (χ0n) is 8.95. The number of rotatable bonds is 5. The average molecular weight is 210 g/mol. The maximum atomic E-state index is 5.59. The van der Waals surface area contributed by atoms with Crippen molar-refractivity contribution in [1.82, 2.24) is 5.16 Å².